The number of hydrogen-bond acceptors (Lipinski definition) is 17. The number of benzene rings is 2. The molecule has 0 saturated carbocycles. The lowest BCUT2D eigenvalue weighted by Crippen LogP contribution is -2.46. The molecular formula is C47H54BCl2F3N12O9S. The van der Waals surface area contributed by atoms with Crippen LogP contribution in [0.1, 0.15) is 44.6 Å². The number of carbonyl (C=O) groups is 1. The Morgan fingerprint density at radius 1 is 0.800 bits per heavy atom. The highest BCUT2D eigenvalue weighted by Gasteiger charge is 2.33. The van der Waals surface area contributed by atoms with Crippen molar-refractivity contribution in [1.82, 2.24) is 38.9 Å². The minimum absolute atomic E-state index is 0.000422. The van der Waals surface area contributed by atoms with E-state index in [1.165, 1.54) is 35.7 Å². The molecule has 2 aromatic carbocycles. The smallest absolute Gasteiger partial charge is 0.446 e. The number of hydrogen-bond donors (Lipinski definition) is 4. The number of carbonyl (C=O) groups excluding carboxylic acids is 1. The highest BCUT2D eigenvalue weighted by molar-refractivity contribution is 7.89. The fourth-order valence-corrected chi connectivity index (χ4v) is 10.5. The van der Waals surface area contributed by atoms with Crippen molar-refractivity contribution in [2.75, 3.05) is 57.0 Å². The third-order valence-electron chi connectivity index (χ3n) is 12.3. The van der Waals surface area contributed by atoms with E-state index in [0.717, 1.165) is 74.4 Å². The molecule has 0 unspecified atom stereocenters. The van der Waals surface area contributed by atoms with Crippen molar-refractivity contribution in [3.63, 3.8) is 0 Å². The van der Waals surface area contributed by atoms with Crippen LogP contribution in [0.5, 0.6) is 5.75 Å². The van der Waals surface area contributed by atoms with Crippen LogP contribution in [-0.2, 0) is 14.8 Å². The molecule has 3 saturated heterocycles. The molecule has 3 aliphatic heterocycles. The van der Waals surface area contributed by atoms with Gasteiger partial charge < -0.3 is 35.1 Å². The molecule has 3 fully saturated rings. The maximum absolute atomic E-state index is 13.3. The number of nitro groups is 2. The van der Waals surface area contributed by atoms with Crippen LogP contribution in [0.4, 0.5) is 36.2 Å². The Kier molecular flexibility index (Phi) is 20.6. The normalized spacial score (nSPS) is 15.9. The summed E-state index contributed by atoms with van der Waals surface area (Å²) < 4.78 is 66.5. The van der Waals surface area contributed by atoms with Crippen LogP contribution in [0.2, 0.25) is 16.9 Å². The highest BCUT2D eigenvalue weighted by Crippen LogP contribution is 2.37. The van der Waals surface area contributed by atoms with Gasteiger partial charge in [-0.2, -0.15) is 17.5 Å². The average molecular weight is 1100 g/mol. The number of rotatable bonds is 12. The van der Waals surface area contributed by atoms with Crippen molar-refractivity contribution >= 4 is 80.7 Å². The van der Waals surface area contributed by atoms with Crippen molar-refractivity contribution in [2.45, 2.75) is 74.5 Å². The summed E-state index contributed by atoms with van der Waals surface area (Å²) in [7, 11) is -2.63. The number of ether oxygens (including phenoxy) is 1. The number of aldehydes is 1. The topological polar surface area (TPSA) is 266 Å². The van der Waals surface area contributed by atoms with Crippen LogP contribution < -0.4 is 20.7 Å². The van der Waals surface area contributed by atoms with Crippen LogP contribution in [0.3, 0.4) is 0 Å². The van der Waals surface area contributed by atoms with Crippen LogP contribution in [0.25, 0.3) is 22.6 Å². The van der Waals surface area contributed by atoms with E-state index in [-0.39, 0.29) is 39.4 Å². The number of fused-ring (bicyclic) bond motifs is 1. The van der Waals surface area contributed by atoms with Crippen LogP contribution >= 0.6 is 23.2 Å². The number of pyridine rings is 3. The Hall–Kier alpha value is -6.55. The van der Waals surface area contributed by atoms with Gasteiger partial charge in [0.25, 0.3) is 0 Å². The van der Waals surface area contributed by atoms with Gasteiger partial charge in [0.2, 0.25) is 27.9 Å². The molecule has 0 atom stereocenters. The quantitative estimate of drug-likeness (QED) is 0.0388. The second-order valence-electron chi connectivity index (χ2n) is 17.2. The van der Waals surface area contributed by atoms with E-state index in [0.29, 0.717) is 48.3 Å². The molecular weight excluding hydrogens is 1050 g/mol. The lowest BCUT2D eigenvalue weighted by Gasteiger charge is -2.33. The van der Waals surface area contributed by atoms with Crippen molar-refractivity contribution < 1.29 is 46.0 Å². The maximum atomic E-state index is 13.3. The lowest BCUT2D eigenvalue weighted by atomic mass is 9.82. The van der Waals surface area contributed by atoms with E-state index in [9.17, 15) is 46.8 Å². The van der Waals surface area contributed by atoms with Gasteiger partial charge in [-0.3, -0.25) is 25.0 Å². The SMILES string of the molecule is CB(O)N1CCC(Nc2ncccc2[N+](=O)[O-])CC1.COc1ccc(S(=O)(=O)N2CCC(n3c(-c4ccccc4Cl)nc4cccnc43)CC2)cc1Cl.O=CC(F)(F)F.O=[N+]([O-])c1cccnc1NC1CCNCC1. The van der Waals surface area contributed by atoms with Crippen LogP contribution in [0.15, 0.2) is 102 Å². The number of piperidine rings is 3. The molecule has 9 rings (SSSR count). The predicted molar refractivity (Wildman–Crippen MR) is 278 cm³/mol. The second-order valence-corrected chi connectivity index (χ2v) is 20.0. The van der Waals surface area contributed by atoms with Crippen LogP contribution in [-0.4, -0.2) is 135 Å². The number of nitrogens with zero attached hydrogens (tertiary/aromatic N) is 9. The molecule has 0 radical (unpaired) electrons. The number of nitrogens with one attached hydrogen (secondary N) is 3. The molecule has 4 aromatic heterocycles. The van der Waals surface area contributed by atoms with Crippen molar-refractivity contribution in [3.8, 4) is 17.1 Å². The maximum Gasteiger partial charge on any atom is 0.446 e. The minimum atomic E-state index is -4.64. The summed E-state index contributed by atoms with van der Waals surface area (Å²) in [6, 6.07) is 22.4. The van der Waals surface area contributed by atoms with Crippen molar-refractivity contribution in [1.29, 1.82) is 0 Å². The van der Waals surface area contributed by atoms with Gasteiger partial charge in [-0.25, -0.2) is 28.4 Å². The summed E-state index contributed by atoms with van der Waals surface area (Å²) >= 11 is 12.7. The summed E-state index contributed by atoms with van der Waals surface area (Å²) in [4.78, 5) is 49.1. The molecule has 4 N–H and O–H groups in total. The molecule has 75 heavy (non-hydrogen) atoms. The summed E-state index contributed by atoms with van der Waals surface area (Å²) in [6.07, 6.45) is 3.97. The van der Waals surface area contributed by atoms with E-state index in [1.54, 1.807) is 43.6 Å². The Bertz CT molecular complexity index is 3000. The Balaban J connectivity index is 0.000000188. The Labute approximate surface area is 440 Å². The standard InChI is InChI=1S/C24H22Cl2N4O3S.C11H17BN4O3.C10H14N4O2.C2HF3O/c1-33-22-9-8-17(15-20(22)26)34(31,32)29-13-10-16(11-14-29)30-23(18-5-2-3-6-19(18)25)28-21-7-4-12-27-24(21)30;1-12(17)15-7-4-9(5-8-15)14-11-10(16(18)19)3-2-6-13-11;15-14(16)9-2-1-5-12-10(9)13-8-3-6-11-7-4-8;3-2(4,5)1-6/h2-9,12,15-16H,10-11,13-14H2,1H3;2-3,6,9,17H,4-5,7-8H2,1H3,(H,13,14);1-2,5,8,11H,3-4,6-7H2,(H,12,13);1H. The van der Waals surface area contributed by atoms with Gasteiger partial charge in [0.15, 0.2) is 5.65 Å². The van der Waals surface area contributed by atoms with Crippen LogP contribution in [0, 0.1) is 20.2 Å². The molecule has 0 amide bonds. The monoisotopic (exact) mass is 1100 g/mol. The zero-order chi connectivity index (χ0) is 54.3. The first-order valence-corrected chi connectivity index (χ1v) is 25.8. The summed E-state index contributed by atoms with van der Waals surface area (Å²) in [5.74, 6) is 1.87. The third-order valence-corrected chi connectivity index (χ3v) is 14.8. The molecule has 6 aromatic rings. The minimum Gasteiger partial charge on any atom is -0.495 e. The highest BCUT2D eigenvalue weighted by atomic mass is 35.5. The van der Waals surface area contributed by atoms with Gasteiger partial charge in [-0.15, -0.1) is 0 Å². The second kappa shape index (κ2) is 26.8. The first-order chi connectivity index (χ1) is 35.8. The van der Waals surface area contributed by atoms with E-state index < -0.39 is 39.4 Å². The van der Waals surface area contributed by atoms with Crippen molar-refractivity contribution in [2.24, 2.45) is 0 Å². The number of halogens is 5. The summed E-state index contributed by atoms with van der Waals surface area (Å²) in [5, 5.41) is 41.5. The third kappa shape index (κ3) is 15.8. The lowest BCUT2D eigenvalue weighted by molar-refractivity contribution is -0.384. The molecule has 7 heterocycles. The van der Waals surface area contributed by atoms with Gasteiger partial charge in [0.05, 0.1) is 31.9 Å². The molecule has 3 aliphatic rings. The molecule has 0 spiro atoms. The molecule has 0 aliphatic carbocycles. The van der Waals surface area contributed by atoms with Gasteiger partial charge in [0.1, 0.15) is 17.1 Å². The number of anilines is 2. The largest absolute Gasteiger partial charge is 0.495 e. The van der Waals surface area contributed by atoms with Gasteiger partial charge in [-0.05, 0) is 126 Å². The summed E-state index contributed by atoms with van der Waals surface area (Å²) in [6.45, 7) is 5.91. The zero-order valence-corrected chi connectivity index (χ0v) is 43.0. The molecule has 0 bridgehead atoms. The van der Waals surface area contributed by atoms with E-state index in [1.807, 2.05) is 41.2 Å². The van der Waals surface area contributed by atoms with E-state index in [2.05, 4.69) is 35.5 Å². The first-order valence-electron chi connectivity index (χ1n) is 23.6. The predicted octanol–water partition coefficient (Wildman–Crippen LogP) is 8.32. The Morgan fingerprint density at radius 3 is 1.87 bits per heavy atom. The zero-order valence-electron chi connectivity index (χ0n) is 40.6. The average Bonchev–Trinajstić information content (AvgIpc) is 3.79. The van der Waals surface area contributed by atoms with Gasteiger partial charge in [0, 0.05) is 67.5 Å². The number of imidazole rings is 1. The van der Waals surface area contributed by atoms with E-state index >= 15 is 0 Å². The van der Waals surface area contributed by atoms with Crippen molar-refractivity contribution in [3.05, 3.63) is 128 Å². The van der Waals surface area contributed by atoms with E-state index in [4.69, 9.17) is 37.7 Å². The molecule has 400 valence electrons. The number of methoxy groups -OCH3 is 1. The summed E-state index contributed by atoms with van der Waals surface area (Å²) in [5.41, 5.74) is 2.41. The number of alkyl halides is 3. The molecule has 21 nitrogen and oxygen atoms in total. The molecule has 28 heteroatoms. The van der Waals surface area contributed by atoms with Gasteiger partial charge >= 0.3 is 24.6 Å². The number of aromatic nitrogens is 5. The Morgan fingerprint density at radius 2 is 1.35 bits per heavy atom. The number of sulfonamides is 1. The fourth-order valence-electron chi connectivity index (χ4n) is 8.49. The van der Waals surface area contributed by atoms with Gasteiger partial charge in [-0.1, -0.05) is 35.3 Å². The fraction of sp³-hybridized carbons (Fsp3) is 0.383. The first kappa shape index (κ1) is 57.7.